The van der Waals surface area contributed by atoms with Crippen LogP contribution in [0.3, 0.4) is 0 Å². The molecule has 148 valence electrons. The third kappa shape index (κ3) is 4.21. The van der Waals surface area contributed by atoms with E-state index in [1.807, 2.05) is 12.3 Å². The quantitative estimate of drug-likeness (QED) is 0.651. The minimum atomic E-state index is 0.559. The lowest BCUT2D eigenvalue weighted by Crippen LogP contribution is -2.41. The second-order valence-corrected chi connectivity index (χ2v) is 8.13. The Balaban J connectivity index is 1.48. The summed E-state index contributed by atoms with van der Waals surface area (Å²) in [6.45, 7) is 9.40. The lowest BCUT2D eigenvalue weighted by Gasteiger charge is -2.29. The summed E-state index contributed by atoms with van der Waals surface area (Å²) in [5.74, 6) is 2.13. The summed E-state index contributed by atoms with van der Waals surface area (Å²) in [7, 11) is 0. The van der Waals surface area contributed by atoms with Crippen LogP contribution >= 0.6 is 0 Å². The van der Waals surface area contributed by atoms with Gasteiger partial charge in [-0.3, -0.25) is 0 Å². The highest BCUT2D eigenvalue weighted by Crippen LogP contribution is 2.45. The van der Waals surface area contributed by atoms with Crippen molar-refractivity contribution < 1.29 is 4.74 Å². The SMILES string of the molecule is CCNC(=NCc1cccnc1N1CCOCC1)N1CCC2(CCCC2)C1. The summed E-state index contributed by atoms with van der Waals surface area (Å²) in [6.07, 6.45) is 8.80. The van der Waals surface area contributed by atoms with E-state index in [2.05, 4.69) is 33.1 Å². The number of hydrogen-bond acceptors (Lipinski definition) is 4. The molecule has 1 aliphatic carbocycles. The number of anilines is 1. The fraction of sp³-hybridized carbons (Fsp3) is 0.714. The highest BCUT2D eigenvalue weighted by Gasteiger charge is 2.41. The molecule has 6 nitrogen and oxygen atoms in total. The van der Waals surface area contributed by atoms with Crippen LogP contribution in [-0.2, 0) is 11.3 Å². The summed E-state index contributed by atoms with van der Waals surface area (Å²) < 4.78 is 5.49. The van der Waals surface area contributed by atoms with Gasteiger partial charge in [-0.25, -0.2) is 9.98 Å². The molecule has 1 saturated carbocycles. The lowest BCUT2D eigenvalue weighted by atomic mass is 9.86. The zero-order valence-corrected chi connectivity index (χ0v) is 16.6. The van der Waals surface area contributed by atoms with E-state index in [4.69, 9.17) is 9.73 Å². The van der Waals surface area contributed by atoms with E-state index in [1.54, 1.807) is 0 Å². The molecule has 1 aromatic heterocycles. The second-order valence-electron chi connectivity index (χ2n) is 8.13. The van der Waals surface area contributed by atoms with Crippen molar-refractivity contribution in [3.63, 3.8) is 0 Å². The van der Waals surface area contributed by atoms with Gasteiger partial charge in [-0.2, -0.15) is 0 Å². The zero-order valence-electron chi connectivity index (χ0n) is 16.6. The van der Waals surface area contributed by atoms with Crippen LogP contribution in [0.2, 0.25) is 0 Å². The van der Waals surface area contributed by atoms with Crippen molar-refractivity contribution >= 4 is 11.8 Å². The summed E-state index contributed by atoms with van der Waals surface area (Å²) in [5.41, 5.74) is 1.76. The van der Waals surface area contributed by atoms with E-state index in [0.717, 1.165) is 51.2 Å². The molecule has 2 saturated heterocycles. The van der Waals surface area contributed by atoms with Crippen molar-refractivity contribution in [2.24, 2.45) is 10.4 Å². The van der Waals surface area contributed by atoms with Crippen LogP contribution in [0.1, 0.15) is 44.6 Å². The predicted molar refractivity (Wildman–Crippen MR) is 109 cm³/mol. The predicted octanol–water partition coefficient (Wildman–Crippen LogP) is 2.65. The van der Waals surface area contributed by atoms with Crippen LogP contribution in [0.25, 0.3) is 0 Å². The maximum absolute atomic E-state index is 5.49. The zero-order chi connectivity index (χ0) is 18.5. The van der Waals surface area contributed by atoms with Gasteiger partial charge in [0.1, 0.15) is 5.82 Å². The van der Waals surface area contributed by atoms with Crippen molar-refractivity contribution in [3.05, 3.63) is 23.9 Å². The van der Waals surface area contributed by atoms with Gasteiger partial charge in [-0.1, -0.05) is 18.9 Å². The Morgan fingerprint density at radius 1 is 1.22 bits per heavy atom. The van der Waals surface area contributed by atoms with Gasteiger partial charge in [0.05, 0.1) is 19.8 Å². The number of pyridine rings is 1. The number of aromatic nitrogens is 1. The number of guanidine groups is 1. The Kier molecular flexibility index (Phi) is 5.81. The Morgan fingerprint density at radius 3 is 2.81 bits per heavy atom. The first-order valence-corrected chi connectivity index (χ1v) is 10.6. The first kappa shape index (κ1) is 18.5. The average molecular weight is 372 g/mol. The molecule has 0 atom stereocenters. The molecule has 27 heavy (non-hydrogen) atoms. The molecule has 0 unspecified atom stereocenters. The molecule has 2 aliphatic heterocycles. The highest BCUT2D eigenvalue weighted by atomic mass is 16.5. The number of likely N-dealkylation sites (tertiary alicyclic amines) is 1. The topological polar surface area (TPSA) is 53.0 Å². The van der Waals surface area contributed by atoms with Crippen molar-refractivity contribution in [1.29, 1.82) is 0 Å². The Labute approximate surface area is 163 Å². The van der Waals surface area contributed by atoms with E-state index in [1.165, 1.54) is 44.2 Å². The van der Waals surface area contributed by atoms with Crippen LogP contribution < -0.4 is 10.2 Å². The van der Waals surface area contributed by atoms with E-state index in [9.17, 15) is 0 Å². The standard InChI is InChI=1S/C21H33N5O/c1-2-22-20(26-11-9-21(17-26)7-3-4-8-21)24-16-18-6-5-10-23-19(18)25-12-14-27-15-13-25/h5-6,10H,2-4,7-9,11-17H2,1H3,(H,22,24). The summed E-state index contributed by atoms with van der Waals surface area (Å²) in [6, 6.07) is 4.18. The molecular formula is C21H33N5O. The largest absolute Gasteiger partial charge is 0.378 e. The number of nitrogens with one attached hydrogen (secondary N) is 1. The van der Waals surface area contributed by atoms with Gasteiger partial charge < -0.3 is 19.9 Å². The molecule has 0 radical (unpaired) electrons. The van der Waals surface area contributed by atoms with Crippen molar-refractivity contribution in [2.75, 3.05) is 50.8 Å². The Morgan fingerprint density at radius 2 is 2.04 bits per heavy atom. The third-order valence-electron chi connectivity index (χ3n) is 6.31. The van der Waals surface area contributed by atoms with Gasteiger partial charge in [0.25, 0.3) is 0 Å². The fourth-order valence-electron chi connectivity index (χ4n) is 4.85. The molecule has 3 heterocycles. The maximum atomic E-state index is 5.49. The average Bonchev–Trinajstić information content (AvgIpc) is 3.36. The molecule has 3 aliphatic rings. The van der Waals surface area contributed by atoms with Crippen LogP contribution in [0.15, 0.2) is 23.3 Å². The minimum Gasteiger partial charge on any atom is -0.378 e. The molecule has 0 bridgehead atoms. The van der Waals surface area contributed by atoms with Gasteiger partial charge in [0.2, 0.25) is 0 Å². The van der Waals surface area contributed by atoms with Gasteiger partial charge in [0.15, 0.2) is 5.96 Å². The second kappa shape index (κ2) is 8.46. The van der Waals surface area contributed by atoms with Crippen LogP contribution in [0, 0.1) is 5.41 Å². The van der Waals surface area contributed by atoms with Crippen molar-refractivity contribution in [1.82, 2.24) is 15.2 Å². The highest BCUT2D eigenvalue weighted by molar-refractivity contribution is 5.80. The summed E-state index contributed by atoms with van der Waals surface area (Å²) in [5, 5.41) is 3.52. The molecule has 3 fully saturated rings. The molecule has 6 heteroatoms. The number of hydrogen-bond donors (Lipinski definition) is 1. The number of rotatable bonds is 4. The summed E-state index contributed by atoms with van der Waals surface area (Å²) in [4.78, 5) is 14.5. The smallest absolute Gasteiger partial charge is 0.194 e. The molecular weight excluding hydrogens is 338 g/mol. The first-order valence-electron chi connectivity index (χ1n) is 10.6. The Bertz CT molecular complexity index is 650. The molecule has 4 rings (SSSR count). The van der Waals surface area contributed by atoms with Gasteiger partial charge in [-0.05, 0) is 37.7 Å². The number of nitrogens with zero attached hydrogens (tertiary/aromatic N) is 4. The van der Waals surface area contributed by atoms with E-state index >= 15 is 0 Å². The van der Waals surface area contributed by atoms with Crippen LogP contribution in [0.4, 0.5) is 5.82 Å². The van der Waals surface area contributed by atoms with Crippen molar-refractivity contribution in [2.45, 2.75) is 45.6 Å². The molecule has 1 aromatic rings. The van der Waals surface area contributed by atoms with Gasteiger partial charge in [0, 0.05) is 44.5 Å². The lowest BCUT2D eigenvalue weighted by molar-refractivity contribution is 0.122. The van der Waals surface area contributed by atoms with Gasteiger partial charge >= 0.3 is 0 Å². The van der Waals surface area contributed by atoms with E-state index in [0.29, 0.717) is 12.0 Å². The monoisotopic (exact) mass is 371 g/mol. The Hall–Kier alpha value is -1.82. The number of aliphatic imine (C=N–C) groups is 1. The number of morpholine rings is 1. The molecule has 1 spiro atoms. The molecule has 1 N–H and O–H groups in total. The first-order chi connectivity index (χ1) is 13.3. The van der Waals surface area contributed by atoms with E-state index in [-0.39, 0.29) is 0 Å². The minimum absolute atomic E-state index is 0.559. The normalized spacial score (nSPS) is 22.6. The molecule has 0 aromatic carbocycles. The third-order valence-corrected chi connectivity index (χ3v) is 6.31. The molecule has 0 amide bonds. The number of ether oxygens (including phenoxy) is 1. The van der Waals surface area contributed by atoms with Crippen LogP contribution in [-0.4, -0.2) is 61.8 Å². The van der Waals surface area contributed by atoms with Crippen LogP contribution in [0.5, 0.6) is 0 Å². The van der Waals surface area contributed by atoms with E-state index < -0.39 is 0 Å². The summed E-state index contributed by atoms with van der Waals surface area (Å²) >= 11 is 0. The van der Waals surface area contributed by atoms with Crippen molar-refractivity contribution in [3.8, 4) is 0 Å². The fourth-order valence-corrected chi connectivity index (χ4v) is 4.85. The maximum Gasteiger partial charge on any atom is 0.194 e. The van der Waals surface area contributed by atoms with Gasteiger partial charge in [-0.15, -0.1) is 0 Å².